The van der Waals surface area contributed by atoms with Gasteiger partial charge in [-0.2, -0.15) is 13.9 Å². The van der Waals surface area contributed by atoms with Crippen LogP contribution in [-0.4, -0.2) is 23.3 Å². The number of hydrogen-bond donors (Lipinski definition) is 1. The van der Waals surface area contributed by atoms with E-state index < -0.39 is 12.5 Å². The molecule has 1 aromatic heterocycles. The lowest BCUT2D eigenvalue weighted by atomic mass is 10.2. The molecule has 2 aromatic rings. The molecule has 0 radical (unpaired) electrons. The van der Waals surface area contributed by atoms with Gasteiger partial charge < -0.3 is 9.30 Å². The normalized spacial score (nSPS) is 11.0. The smallest absolute Gasteiger partial charge is 0.387 e. The summed E-state index contributed by atoms with van der Waals surface area (Å²) in [6.07, 6.45) is 2.75. The summed E-state index contributed by atoms with van der Waals surface area (Å²) < 4.78 is 29.5. The van der Waals surface area contributed by atoms with Crippen LogP contribution >= 0.6 is 0 Å². The zero-order valence-electron chi connectivity index (χ0n) is 12.1. The Labute approximate surface area is 130 Å². The van der Waals surface area contributed by atoms with E-state index in [2.05, 4.69) is 15.3 Å². The van der Waals surface area contributed by atoms with Crippen molar-refractivity contribution in [2.24, 2.45) is 12.1 Å². The summed E-state index contributed by atoms with van der Waals surface area (Å²) in [6, 6.07) is 8.42. The van der Waals surface area contributed by atoms with E-state index in [0.717, 1.165) is 0 Å². The number of benzene rings is 1. The standard InChI is InChI=1S/C15H13F2N3O3/c1-20-9-11(4-7-13(20)21)14(22)19-18-8-10-2-5-12(6-3-10)23-15(16)17/h2-9,15H,1H3,(H,19,22)/b18-8-. The van der Waals surface area contributed by atoms with E-state index in [0.29, 0.717) is 5.56 Å². The number of hydrazone groups is 1. The topological polar surface area (TPSA) is 72.7 Å². The molecule has 0 saturated carbocycles. The number of amides is 1. The number of halogens is 2. The number of aromatic nitrogens is 1. The molecular weight excluding hydrogens is 308 g/mol. The second kappa shape index (κ2) is 7.30. The molecule has 0 saturated heterocycles. The van der Waals surface area contributed by atoms with Crippen LogP contribution in [0.1, 0.15) is 15.9 Å². The molecule has 0 fully saturated rings. The quantitative estimate of drug-likeness (QED) is 0.673. The third-order valence-electron chi connectivity index (χ3n) is 2.83. The number of rotatable bonds is 5. The Hall–Kier alpha value is -3.03. The molecule has 6 nitrogen and oxygen atoms in total. The molecule has 1 N–H and O–H groups in total. The Kier molecular flexibility index (Phi) is 5.19. The van der Waals surface area contributed by atoms with Gasteiger partial charge in [0.25, 0.3) is 5.91 Å². The summed E-state index contributed by atoms with van der Waals surface area (Å²) >= 11 is 0. The fraction of sp³-hybridized carbons (Fsp3) is 0.133. The van der Waals surface area contributed by atoms with Crippen molar-refractivity contribution < 1.29 is 18.3 Å². The van der Waals surface area contributed by atoms with E-state index in [4.69, 9.17) is 0 Å². The highest BCUT2D eigenvalue weighted by atomic mass is 19.3. The zero-order valence-corrected chi connectivity index (χ0v) is 12.1. The van der Waals surface area contributed by atoms with Crippen molar-refractivity contribution in [3.05, 3.63) is 64.1 Å². The van der Waals surface area contributed by atoms with Gasteiger partial charge in [0.05, 0.1) is 11.8 Å². The summed E-state index contributed by atoms with van der Waals surface area (Å²) in [7, 11) is 1.53. The molecule has 1 heterocycles. The minimum Gasteiger partial charge on any atom is -0.435 e. The first-order valence-electron chi connectivity index (χ1n) is 6.50. The minimum atomic E-state index is -2.88. The second-order valence-electron chi connectivity index (χ2n) is 4.51. The number of nitrogens with one attached hydrogen (secondary N) is 1. The molecule has 2 rings (SSSR count). The molecule has 0 spiro atoms. The lowest BCUT2D eigenvalue weighted by molar-refractivity contribution is -0.0498. The van der Waals surface area contributed by atoms with Crippen molar-refractivity contribution in [2.45, 2.75) is 6.61 Å². The molecule has 0 aliphatic carbocycles. The van der Waals surface area contributed by atoms with Gasteiger partial charge in [-0.1, -0.05) is 0 Å². The largest absolute Gasteiger partial charge is 0.435 e. The van der Waals surface area contributed by atoms with Crippen molar-refractivity contribution in [2.75, 3.05) is 0 Å². The van der Waals surface area contributed by atoms with Gasteiger partial charge in [-0.05, 0) is 35.9 Å². The van der Waals surface area contributed by atoms with Gasteiger partial charge in [-0.15, -0.1) is 0 Å². The summed E-state index contributed by atoms with van der Waals surface area (Å²) in [5, 5.41) is 3.76. The van der Waals surface area contributed by atoms with Crippen molar-refractivity contribution in [1.29, 1.82) is 0 Å². The number of carbonyl (C=O) groups excluding carboxylic acids is 1. The number of carbonyl (C=O) groups is 1. The monoisotopic (exact) mass is 321 g/mol. The van der Waals surface area contributed by atoms with E-state index >= 15 is 0 Å². The first-order chi connectivity index (χ1) is 11.0. The third-order valence-corrected chi connectivity index (χ3v) is 2.83. The molecule has 1 amide bonds. The minimum absolute atomic E-state index is 0.0337. The lowest BCUT2D eigenvalue weighted by Crippen LogP contribution is -2.22. The molecule has 0 aliphatic rings. The van der Waals surface area contributed by atoms with Crippen LogP contribution in [0.15, 0.2) is 52.5 Å². The average Bonchev–Trinajstić information content (AvgIpc) is 2.51. The van der Waals surface area contributed by atoms with Crippen LogP contribution in [0.2, 0.25) is 0 Å². The van der Waals surface area contributed by atoms with Crippen LogP contribution in [0.25, 0.3) is 0 Å². The van der Waals surface area contributed by atoms with Crippen LogP contribution < -0.4 is 15.7 Å². The SMILES string of the molecule is Cn1cc(C(=O)N/N=C\c2ccc(OC(F)F)cc2)ccc1=O. The summed E-state index contributed by atoms with van der Waals surface area (Å²) in [5.74, 6) is -0.444. The molecule has 1 aromatic carbocycles. The highest BCUT2D eigenvalue weighted by molar-refractivity contribution is 5.94. The van der Waals surface area contributed by atoms with Crippen molar-refractivity contribution >= 4 is 12.1 Å². The molecule has 8 heteroatoms. The summed E-state index contributed by atoms with van der Waals surface area (Å²) in [6.45, 7) is -2.88. The molecular formula is C15H13F2N3O3. The first-order valence-corrected chi connectivity index (χ1v) is 6.50. The Morgan fingerprint density at radius 2 is 1.96 bits per heavy atom. The van der Waals surface area contributed by atoms with E-state index in [9.17, 15) is 18.4 Å². The molecule has 0 aliphatic heterocycles. The number of nitrogens with zero attached hydrogens (tertiary/aromatic N) is 2. The Bertz CT molecular complexity index is 770. The molecule has 23 heavy (non-hydrogen) atoms. The molecule has 0 bridgehead atoms. The van der Waals surface area contributed by atoms with Gasteiger partial charge >= 0.3 is 6.61 Å². The predicted octanol–water partition coefficient (Wildman–Crippen LogP) is 1.75. The first kappa shape index (κ1) is 16.3. The van der Waals surface area contributed by atoms with Gasteiger partial charge in [0.1, 0.15) is 5.75 Å². The van der Waals surface area contributed by atoms with Crippen LogP contribution in [-0.2, 0) is 7.05 Å². The van der Waals surface area contributed by atoms with E-state index in [-0.39, 0.29) is 16.9 Å². The summed E-state index contributed by atoms with van der Waals surface area (Å²) in [5.41, 5.74) is 2.95. The number of pyridine rings is 1. The van der Waals surface area contributed by atoms with Crippen molar-refractivity contribution in [1.82, 2.24) is 9.99 Å². The van der Waals surface area contributed by atoms with Crippen LogP contribution in [0.5, 0.6) is 5.75 Å². The molecule has 0 unspecified atom stereocenters. The Morgan fingerprint density at radius 1 is 1.26 bits per heavy atom. The maximum Gasteiger partial charge on any atom is 0.387 e. The molecule has 120 valence electrons. The highest BCUT2D eigenvalue weighted by Crippen LogP contribution is 2.13. The Morgan fingerprint density at radius 3 is 2.57 bits per heavy atom. The van der Waals surface area contributed by atoms with Crippen molar-refractivity contribution in [3.8, 4) is 5.75 Å². The number of alkyl halides is 2. The maximum atomic E-state index is 12.0. The van der Waals surface area contributed by atoms with Crippen LogP contribution in [0.4, 0.5) is 8.78 Å². The van der Waals surface area contributed by atoms with Gasteiger partial charge in [0.2, 0.25) is 5.56 Å². The van der Waals surface area contributed by atoms with E-state index in [1.807, 2.05) is 0 Å². The highest BCUT2D eigenvalue weighted by Gasteiger charge is 2.05. The predicted molar refractivity (Wildman–Crippen MR) is 79.8 cm³/mol. The van der Waals surface area contributed by atoms with Gasteiger partial charge in [0.15, 0.2) is 0 Å². The number of ether oxygens (including phenoxy) is 1. The average molecular weight is 321 g/mol. The van der Waals surface area contributed by atoms with Gasteiger partial charge in [0, 0.05) is 19.3 Å². The third kappa shape index (κ3) is 4.73. The van der Waals surface area contributed by atoms with Gasteiger partial charge in [-0.3, -0.25) is 9.59 Å². The Balaban J connectivity index is 1.96. The maximum absolute atomic E-state index is 12.0. The lowest BCUT2D eigenvalue weighted by Gasteiger charge is -2.04. The summed E-state index contributed by atoms with van der Waals surface area (Å²) in [4.78, 5) is 23.1. The van der Waals surface area contributed by atoms with Crippen LogP contribution in [0.3, 0.4) is 0 Å². The fourth-order valence-electron chi connectivity index (χ4n) is 1.69. The number of aryl methyl sites for hydroxylation is 1. The van der Waals surface area contributed by atoms with Crippen LogP contribution in [0, 0.1) is 0 Å². The second-order valence-corrected chi connectivity index (χ2v) is 4.51. The van der Waals surface area contributed by atoms with Gasteiger partial charge in [-0.25, -0.2) is 5.43 Å². The van der Waals surface area contributed by atoms with Crippen molar-refractivity contribution in [3.63, 3.8) is 0 Å². The zero-order chi connectivity index (χ0) is 16.8. The number of hydrogen-bond acceptors (Lipinski definition) is 4. The van der Waals surface area contributed by atoms with E-state index in [1.54, 1.807) is 0 Å². The fourth-order valence-corrected chi connectivity index (χ4v) is 1.69. The molecule has 0 atom stereocenters. The van der Waals surface area contributed by atoms with E-state index in [1.165, 1.54) is 60.4 Å².